The smallest absolute Gasteiger partial charge is 0.449 e. The van der Waals surface area contributed by atoms with Crippen LogP contribution >= 0.6 is 0 Å². The highest BCUT2D eigenvalue weighted by Crippen LogP contribution is 1.76. The molecule has 0 aromatic heterocycles. The lowest BCUT2D eigenvalue weighted by atomic mass is 10.6. The zero-order valence-corrected chi connectivity index (χ0v) is 5.59. The molecule has 0 radical (unpaired) electrons. The minimum absolute atomic E-state index is 0.0667. The molecule has 0 unspecified atom stereocenters. The number of esters is 1. The van der Waals surface area contributed by atoms with Crippen molar-refractivity contribution < 1.29 is 19.4 Å². The number of ether oxygens (including phenoxy) is 1. The molecule has 0 saturated carbocycles. The maximum atomic E-state index is 10.3. The molecule has 0 atom stereocenters. The van der Waals surface area contributed by atoms with Gasteiger partial charge in [-0.25, -0.2) is 4.79 Å². The fourth-order valence-electron chi connectivity index (χ4n) is 0.361. The Morgan fingerprint density at radius 1 is 1.60 bits per heavy atom. The van der Waals surface area contributed by atoms with Gasteiger partial charge in [0.1, 0.15) is 0 Å². The van der Waals surface area contributed by atoms with Crippen molar-refractivity contribution >= 4 is 12.1 Å². The lowest BCUT2D eigenvalue weighted by Crippen LogP contribution is -2.25. The minimum atomic E-state index is -1.57. The van der Waals surface area contributed by atoms with E-state index in [1.54, 1.807) is 6.92 Å². The van der Waals surface area contributed by atoms with Crippen molar-refractivity contribution in [3.63, 3.8) is 0 Å². The van der Waals surface area contributed by atoms with Crippen LogP contribution in [0.1, 0.15) is 6.92 Å². The van der Waals surface area contributed by atoms with Crippen molar-refractivity contribution in [3.05, 3.63) is 0 Å². The largest absolute Gasteiger partial charge is 0.513 e. The van der Waals surface area contributed by atoms with Crippen molar-refractivity contribution in [1.82, 2.24) is 5.32 Å². The summed E-state index contributed by atoms with van der Waals surface area (Å²) in [6, 6.07) is 0. The van der Waals surface area contributed by atoms with Gasteiger partial charge >= 0.3 is 12.1 Å². The average molecular weight is 147 g/mol. The average Bonchev–Trinajstić information content (AvgIpc) is 1.82. The van der Waals surface area contributed by atoms with Gasteiger partial charge in [0.25, 0.3) is 0 Å². The number of rotatable bonds is 3. The molecule has 0 aliphatic heterocycles. The van der Waals surface area contributed by atoms with Crippen LogP contribution in [0.2, 0.25) is 0 Å². The summed E-state index contributed by atoms with van der Waals surface area (Å²) in [6.45, 7) is 2.34. The summed E-state index contributed by atoms with van der Waals surface area (Å²) in [4.78, 5) is 20.0. The highest BCUT2D eigenvalue weighted by molar-refractivity contribution is 5.82. The molecule has 58 valence electrons. The Balaban J connectivity index is 3.35. The molecule has 5 heteroatoms. The highest BCUT2D eigenvalue weighted by atomic mass is 16.7. The first-order valence-electron chi connectivity index (χ1n) is 2.81. The third-order valence-electron chi connectivity index (χ3n) is 0.720. The zero-order chi connectivity index (χ0) is 7.98. The number of nitrogens with one attached hydrogen (secondary N) is 1. The van der Waals surface area contributed by atoms with Gasteiger partial charge in [-0.15, -0.1) is 0 Å². The zero-order valence-electron chi connectivity index (χ0n) is 5.59. The summed E-state index contributed by atoms with van der Waals surface area (Å²) in [7, 11) is 0. The molecule has 5 nitrogen and oxygen atoms in total. The van der Waals surface area contributed by atoms with E-state index in [2.05, 4.69) is 10.1 Å². The van der Waals surface area contributed by atoms with Crippen LogP contribution in [-0.4, -0.2) is 30.3 Å². The second-order valence-electron chi connectivity index (χ2n) is 1.52. The molecule has 0 amide bonds. The fraction of sp³-hybridized carbons (Fsp3) is 0.600. The van der Waals surface area contributed by atoms with Crippen LogP contribution in [0.5, 0.6) is 0 Å². The summed E-state index contributed by atoms with van der Waals surface area (Å²) in [5, 5.41) is 10.5. The molecule has 0 saturated heterocycles. The number of hydrogen-bond donors (Lipinski definition) is 2. The molecule has 0 aromatic carbocycles. The van der Waals surface area contributed by atoms with Gasteiger partial charge < -0.3 is 15.2 Å². The van der Waals surface area contributed by atoms with E-state index in [-0.39, 0.29) is 6.54 Å². The molecule has 0 fully saturated rings. The summed E-state index contributed by atoms with van der Waals surface area (Å²) >= 11 is 0. The Hall–Kier alpha value is -1.10. The SMILES string of the molecule is CCNCC(=O)OC(=O)O. The first-order chi connectivity index (χ1) is 4.66. The van der Waals surface area contributed by atoms with E-state index in [0.29, 0.717) is 6.54 Å². The molecular formula is C5H9NO4. The van der Waals surface area contributed by atoms with E-state index in [1.807, 2.05) is 0 Å². The topological polar surface area (TPSA) is 75.6 Å². The van der Waals surface area contributed by atoms with E-state index < -0.39 is 12.1 Å². The Labute approximate surface area is 58.0 Å². The molecule has 0 aliphatic rings. The number of carboxylic acid groups (broad SMARTS) is 1. The maximum absolute atomic E-state index is 10.3. The van der Waals surface area contributed by atoms with E-state index in [4.69, 9.17) is 5.11 Å². The van der Waals surface area contributed by atoms with Crippen LogP contribution in [0.4, 0.5) is 4.79 Å². The van der Waals surface area contributed by atoms with Gasteiger partial charge in [-0.2, -0.15) is 0 Å². The van der Waals surface area contributed by atoms with Gasteiger partial charge in [-0.3, -0.25) is 4.79 Å². The predicted molar refractivity (Wildman–Crippen MR) is 32.7 cm³/mol. The fourth-order valence-corrected chi connectivity index (χ4v) is 0.361. The number of carbonyl (C=O) groups excluding carboxylic acids is 1. The van der Waals surface area contributed by atoms with Crippen molar-refractivity contribution in [2.45, 2.75) is 6.92 Å². The molecule has 0 spiro atoms. The predicted octanol–water partition coefficient (Wildman–Crippen LogP) is -0.183. The van der Waals surface area contributed by atoms with Gasteiger partial charge in [-0.1, -0.05) is 6.92 Å². The van der Waals surface area contributed by atoms with Crippen molar-refractivity contribution in [2.24, 2.45) is 0 Å². The normalized spacial score (nSPS) is 8.90. The van der Waals surface area contributed by atoms with E-state index >= 15 is 0 Å². The molecular weight excluding hydrogens is 138 g/mol. The number of likely N-dealkylation sites (N-methyl/N-ethyl adjacent to an activating group) is 1. The summed E-state index contributed by atoms with van der Waals surface area (Å²) in [5.41, 5.74) is 0. The Kier molecular flexibility index (Phi) is 4.23. The third kappa shape index (κ3) is 5.04. The molecule has 0 rings (SSSR count). The van der Waals surface area contributed by atoms with Crippen LogP contribution in [0, 0.1) is 0 Å². The first kappa shape index (κ1) is 8.90. The molecule has 10 heavy (non-hydrogen) atoms. The second-order valence-corrected chi connectivity index (χ2v) is 1.52. The Morgan fingerprint density at radius 2 is 2.20 bits per heavy atom. The summed E-state index contributed by atoms with van der Waals surface area (Å²) < 4.78 is 3.77. The van der Waals surface area contributed by atoms with Crippen molar-refractivity contribution in [1.29, 1.82) is 0 Å². The summed E-state index contributed by atoms with van der Waals surface area (Å²) in [6.07, 6.45) is -1.57. The van der Waals surface area contributed by atoms with Crippen molar-refractivity contribution in [3.8, 4) is 0 Å². The molecule has 2 N–H and O–H groups in total. The molecule has 0 heterocycles. The number of carbonyl (C=O) groups is 2. The number of hydrogen-bond acceptors (Lipinski definition) is 4. The maximum Gasteiger partial charge on any atom is 0.513 e. The van der Waals surface area contributed by atoms with Crippen LogP contribution in [0.25, 0.3) is 0 Å². The van der Waals surface area contributed by atoms with E-state index in [9.17, 15) is 9.59 Å². The monoisotopic (exact) mass is 147 g/mol. The summed E-state index contributed by atoms with van der Waals surface area (Å²) in [5.74, 6) is -0.783. The minimum Gasteiger partial charge on any atom is -0.449 e. The van der Waals surface area contributed by atoms with Crippen LogP contribution < -0.4 is 5.32 Å². The standard InChI is InChI=1S/C5H9NO4/c1-2-6-3-4(7)10-5(8)9/h6H,2-3H2,1H3,(H,8,9). The van der Waals surface area contributed by atoms with Gasteiger partial charge in [-0.05, 0) is 6.54 Å². The second kappa shape index (κ2) is 4.75. The Morgan fingerprint density at radius 3 is 2.60 bits per heavy atom. The van der Waals surface area contributed by atoms with Crippen molar-refractivity contribution in [2.75, 3.05) is 13.1 Å². The van der Waals surface area contributed by atoms with Crippen LogP contribution in [0.15, 0.2) is 0 Å². The Bertz CT molecular complexity index is 134. The first-order valence-corrected chi connectivity index (χ1v) is 2.81. The lowest BCUT2D eigenvalue weighted by molar-refractivity contribution is -0.137. The van der Waals surface area contributed by atoms with Crippen LogP contribution in [0.3, 0.4) is 0 Å². The molecule has 0 bridgehead atoms. The third-order valence-corrected chi connectivity index (χ3v) is 0.720. The van der Waals surface area contributed by atoms with E-state index in [1.165, 1.54) is 0 Å². The van der Waals surface area contributed by atoms with Gasteiger partial charge in [0.05, 0.1) is 6.54 Å². The van der Waals surface area contributed by atoms with Gasteiger partial charge in [0, 0.05) is 0 Å². The molecule has 0 aliphatic carbocycles. The van der Waals surface area contributed by atoms with Gasteiger partial charge in [0.15, 0.2) is 0 Å². The highest BCUT2D eigenvalue weighted by Gasteiger charge is 2.05. The van der Waals surface area contributed by atoms with E-state index in [0.717, 1.165) is 0 Å². The van der Waals surface area contributed by atoms with Gasteiger partial charge in [0.2, 0.25) is 0 Å². The molecule has 0 aromatic rings. The lowest BCUT2D eigenvalue weighted by Gasteiger charge is -1.97. The van der Waals surface area contributed by atoms with Crippen LogP contribution in [-0.2, 0) is 9.53 Å². The quantitative estimate of drug-likeness (QED) is 0.427.